The van der Waals surface area contributed by atoms with Crippen LogP contribution in [0.1, 0.15) is 35.1 Å². The number of piperidine rings is 1. The van der Waals surface area contributed by atoms with Crippen LogP contribution in [0.2, 0.25) is 0 Å². The number of hydrogen-bond acceptors (Lipinski definition) is 1. The number of carbonyl (C=O) groups is 1. The molecule has 1 fully saturated rings. The largest absolute Gasteiger partial charge is 0.338 e. The summed E-state index contributed by atoms with van der Waals surface area (Å²) in [7, 11) is 0. The fourth-order valence-electron chi connectivity index (χ4n) is 4.58. The Morgan fingerprint density at radius 1 is 1.15 bits per heavy atom. The van der Waals surface area contributed by atoms with E-state index in [4.69, 9.17) is 0 Å². The highest BCUT2D eigenvalue weighted by Crippen LogP contribution is 2.21. The molecule has 136 valence electrons. The van der Waals surface area contributed by atoms with Gasteiger partial charge in [0.1, 0.15) is 6.54 Å². The molecule has 0 aliphatic carbocycles. The van der Waals surface area contributed by atoms with Gasteiger partial charge in [0, 0.05) is 18.7 Å². The van der Waals surface area contributed by atoms with Crippen molar-refractivity contribution in [3.05, 3.63) is 70.8 Å². The van der Waals surface area contributed by atoms with E-state index in [1.54, 1.807) is 4.90 Å². The summed E-state index contributed by atoms with van der Waals surface area (Å²) in [5.41, 5.74) is 5.44. The maximum Gasteiger partial charge on any atom is 0.231 e. The van der Waals surface area contributed by atoms with Crippen molar-refractivity contribution in [1.82, 2.24) is 4.90 Å². The first-order chi connectivity index (χ1) is 12.7. The molecule has 0 aromatic heterocycles. The second-order valence-corrected chi connectivity index (χ2v) is 7.99. The highest BCUT2D eigenvalue weighted by atomic mass is 16.2. The van der Waals surface area contributed by atoms with Crippen molar-refractivity contribution in [2.45, 2.75) is 39.3 Å². The molecular formula is C23H29N2O+. The van der Waals surface area contributed by atoms with E-state index in [0.717, 1.165) is 45.4 Å². The summed E-state index contributed by atoms with van der Waals surface area (Å²) < 4.78 is 0. The third-order valence-electron chi connectivity index (χ3n) is 5.95. The number of quaternary nitrogens is 1. The van der Waals surface area contributed by atoms with Gasteiger partial charge in [-0.2, -0.15) is 0 Å². The third-order valence-corrected chi connectivity index (χ3v) is 5.95. The predicted octanol–water partition coefficient (Wildman–Crippen LogP) is 2.37. The van der Waals surface area contributed by atoms with Crippen molar-refractivity contribution >= 4 is 5.91 Å². The van der Waals surface area contributed by atoms with E-state index < -0.39 is 0 Å². The van der Waals surface area contributed by atoms with Crippen LogP contribution in [0.3, 0.4) is 0 Å². The molecule has 2 unspecified atom stereocenters. The minimum Gasteiger partial charge on any atom is -0.338 e. The fourth-order valence-corrected chi connectivity index (χ4v) is 4.58. The topological polar surface area (TPSA) is 24.8 Å². The monoisotopic (exact) mass is 349 g/mol. The van der Waals surface area contributed by atoms with Crippen LogP contribution in [0.15, 0.2) is 48.5 Å². The van der Waals surface area contributed by atoms with Crippen LogP contribution < -0.4 is 4.90 Å². The van der Waals surface area contributed by atoms with Crippen LogP contribution in [0, 0.1) is 12.8 Å². The Morgan fingerprint density at radius 2 is 2.00 bits per heavy atom. The second-order valence-electron chi connectivity index (χ2n) is 7.99. The molecule has 3 heteroatoms. The molecule has 2 aliphatic rings. The minimum atomic E-state index is 0.189. The molecule has 2 aromatic rings. The van der Waals surface area contributed by atoms with E-state index in [1.807, 2.05) is 0 Å². The van der Waals surface area contributed by atoms with E-state index in [1.165, 1.54) is 28.8 Å². The molecule has 0 radical (unpaired) electrons. The Hall–Kier alpha value is -2.13. The number of fused-ring (bicyclic) bond motifs is 1. The zero-order valence-corrected chi connectivity index (χ0v) is 15.7. The molecule has 1 amide bonds. The van der Waals surface area contributed by atoms with Gasteiger partial charge in [-0.05, 0) is 37.3 Å². The van der Waals surface area contributed by atoms with Gasteiger partial charge >= 0.3 is 0 Å². The zero-order valence-electron chi connectivity index (χ0n) is 15.7. The lowest BCUT2D eigenvalue weighted by molar-refractivity contribution is -0.921. The predicted molar refractivity (Wildman–Crippen MR) is 104 cm³/mol. The first kappa shape index (κ1) is 17.3. The number of rotatable bonds is 3. The quantitative estimate of drug-likeness (QED) is 0.904. The number of amides is 1. The number of likely N-dealkylation sites (tertiary alicyclic amines) is 1. The van der Waals surface area contributed by atoms with Gasteiger partial charge < -0.3 is 9.80 Å². The highest BCUT2D eigenvalue weighted by molar-refractivity contribution is 5.79. The van der Waals surface area contributed by atoms with Gasteiger partial charge in [0.25, 0.3) is 0 Å². The molecule has 3 nitrogen and oxygen atoms in total. The molecule has 1 saturated heterocycles. The molecule has 0 saturated carbocycles. The number of nitrogens with one attached hydrogen (secondary N) is 1. The van der Waals surface area contributed by atoms with Gasteiger partial charge in [-0.3, -0.25) is 4.79 Å². The van der Waals surface area contributed by atoms with Crippen LogP contribution in [0.5, 0.6) is 0 Å². The van der Waals surface area contributed by atoms with Crippen molar-refractivity contribution in [3.8, 4) is 0 Å². The summed E-state index contributed by atoms with van der Waals surface area (Å²) in [6.07, 6.45) is 3.20. The van der Waals surface area contributed by atoms with E-state index >= 15 is 0 Å². The van der Waals surface area contributed by atoms with Gasteiger partial charge in [0.05, 0.1) is 19.0 Å². The van der Waals surface area contributed by atoms with Crippen molar-refractivity contribution in [1.29, 1.82) is 0 Å². The normalized spacial score (nSPS) is 22.7. The standard InChI is InChI=1S/C23H28N2O/c1-18-6-4-7-19(14-18)15-24-12-5-10-22(16-24)23(26)25-13-11-20-8-2-3-9-21(20)17-25/h2-4,6-9,14,22H,5,10-13,15-17H2,1H3/p+1. The number of aryl methyl sites for hydroxylation is 1. The molecule has 26 heavy (non-hydrogen) atoms. The van der Waals surface area contributed by atoms with Crippen molar-refractivity contribution in [2.24, 2.45) is 5.92 Å². The Balaban J connectivity index is 1.39. The maximum absolute atomic E-state index is 13.1. The lowest BCUT2D eigenvalue weighted by atomic mass is 9.93. The van der Waals surface area contributed by atoms with Gasteiger partial charge in [-0.25, -0.2) is 0 Å². The third kappa shape index (κ3) is 3.83. The van der Waals surface area contributed by atoms with E-state index in [2.05, 4.69) is 60.4 Å². The van der Waals surface area contributed by atoms with Gasteiger partial charge in [0.15, 0.2) is 0 Å². The maximum atomic E-state index is 13.1. The molecule has 0 spiro atoms. The van der Waals surface area contributed by atoms with Crippen LogP contribution in [0.25, 0.3) is 0 Å². The summed E-state index contributed by atoms with van der Waals surface area (Å²) >= 11 is 0. The summed E-state index contributed by atoms with van der Waals surface area (Å²) in [6, 6.07) is 17.3. The molecule has 2 heterocycles. The molecule has 2 atom stereocenters. The number of hydrogen-bond donors (Lipinski definition) is 1. The van der Waals surface area contributed by atoms with E-state index in [-0.39, 0.29) is 5.92 Å². The summed E-state index contributed by atoms with van der Waals surface area (Å²) in [4.78, 5) is 16.8. The second kappa shape index (κ2) is 7.63. The van der Waals surface area contributed by atoms with Gasteiger partial charge in [-0.15, -0.1) is 0 Å². The van der Waals surface area contributed by atoms with Crippen LogP contribution >= 0.6 is 0 Å². The van der Waals surface area contributed by atoms with Crippen LogP contribution in [-0.4, -0.2) is 30.4 Å². The fraction of sp³-hybridized carbons (Fsp3) is 0.435. The van der Waals surface area contributed by atoms with Crippen molar-refractivity contribution in [3.63, 3.8) is 0 Å². The molecule has 1 N–H and O–H groups in total. The Morgan fingerprint density at radius 3 is 2.85 bits per heavy atom. The highest BCUT2D eigenvalue weighted by Gasteiger charge is 2.33. The van der Waals surface area contributed by atoms with Gasteiger partial charge in [0.2, 0.25) is 5.91 Å². The number of nitrogens with zero attached hydrogens (tertiary/aromatic N) is 1. The van der Waals surface area contributed by atoms with Gasteiger partial charge in [-0.1, -0.05) is 54.1 Å². The molecule has 2 aliphatic heterocycles. The average Bonchev–Trinajstić information content (AvgIpc) is 2.67. The minimum absolute atomic E-state index is 0.189. The first-order valence-electron chi connectivity index (χ1n) is 9.94. The van der Waals surface area contributed by atoms with Crippen molar-refractivity contribution in [2.75, 3.05) is 19.6 Å². The molecule has 0 bridgehead atoms. The zero-order chi connectivity index (χ0) is 17.9. The number of benzene rings is 2. The van der Waals surface area contributed by atoms with E-state index in [9.17, 15) is 4.79 Å². The van der Waals surface area contributed by atoms with Crippen molar-refractivity contribution < 1.29 is 9.69 Å². The molecule has 4 rings (SSSR count). The Labute approximate surface area is 156 Å². The molecular weight excluding hydrogens is 320 g/mol. The van der Waals surface area contributed by atoms with Crippen LogP contribution in [0.4, 0.5) is 0 Å². The smallest absolute Gasteiger partial charge is 0.231 e. The summed E-state index contributed by atoms with van der Waals surface area (Å²) in [5.74, 6) is 0.565. The van der Waals surface area contributed by atoms with Crippen LogP contribution in [-0.2, 0) is 24.3 Å². The first-order valence-corrected chi connectivity index (χ1v) is 9.94. The lowest BCUT2D eigenvalue weighted by Crippen LogP contribution is -3.12. The Bertz CT molecular complexity index is 785. The Kier molecular flexibility index (Phi) is 5.07. The summed E-state index contributed by atoms with van der Waals surface area (Å²) in [6.45, 7) is 7.01. The SMILES string of the molecule is Cc1cccc(C[NH+]2CCCC(C(=O)N3CCc4ccccc4C3)C2)c1. The van der Waals surface area contributed by atoms with E-state index in [0.29, 0.717) is 5.91 Å². The lowest BCUT2D eigenvalue weighted by Gasteiger charge is -2.35. The molecule has 2 aromatic carbocycles. The average molecular weight is 349 g/mol. The summed E-state index contributed by atoms with van der Waals surface area (Å²) in [5, 5.41) is 0. The number of carbonyl (C=O) groups excluding carboxylic acids is 1.